The number of nitrogens with two attached hydrogens (primary N) is 1. The quantitative estimate of drug-likeness (QED) is 0.588. The fraction of sp³-hybridized carbons (Fsp3) is 0.667. The summed E-state index contributed by atoms with van der Waals surface area (Å²) in [4.78, 5) is 8.38. The van der Waals surface area contributed by atoms with E-state index in [1.807, 2.05) is 0 Å². The first kappa shape index (κ1) is 13.5. The second-order valence-electron chi connectivity index (χ2n) is 4.89. The summed E-state index contributed by atoms with van der Waals surface area (Å²) in [5.74, 6) is 8.06. The van der Waals surface area contributed by atoms with Crippen molar-refractivity contribution in [3.8, 4) is 0 Å². The molecule has 0 aromatic carbocycles. The lowest BCUT2D eigenvalue weighted by atomic mass is 9.93. The van der Waals surface area contributed by atoms with Crippen LogP contribution in [0, 0.1) is 11.8 Å². The molecule has 1 saturated carbocycles. The third-order valence-corrected chi connectivity index (χ3v) is 4.53. The minimum Gasteiger partial charge on any atom is -0.366 e. The average molecular weight is 314 g/mol. The Labute approximate surface area is 116 Å². The van der Waals surface area contributed by atoms with E-state index in [0.717, 1.165) is 16.2 Å². The van der Waals surface area contributed by atoms with E-state index in [9.17, 15) is 0 Å². The number of hydrazine groups is 1. The Morgan fingerprint density at radius 1 is 1.50 bits per heavy atom. The molecule has 5 nitrogen and oxygen atoms in total. The molecule has 100 valence electrons. The fourth-order valence-electron chi connectivity index (χ4n) is 2.74. The molecule has 0 radical (unpaired) electrons. The lowest BCUT2D eigenvalue weighted by molar-refractivity contribution is 0.391. The maximum absolute atomic E-state index is 5.33. The third-order valence-electron chi connectivity index (χ3n) is 3.95. The molecule has 1 aromatic rings. The number of halogens is 1. The largest absolute Gasteiger partial charge is 0.366 e. The van der Waals surface area contributed by atoms with Gasteiger partial charge in [-0.2, -0.15) is 4.98 Å². The highest BCUT2D eigenvalue weighted by atomic mass is 79.9. The van der Waals surface area contributed by atoms with Gasteiger partial charge in [-0.3, -0.25) is 5.43 Å². The Morgan fingerprint density at radius 2 is 2.28 bits per heavy atom. The molecule has 4 N–H and O–H groups in total. The van der Waals surface area contributed by atoms with Crippen LogP contribution in [0.3, 0.4) is 0 Å². The fourth-order valence-corrected chi connectivity index (χ4v) is 3.05. The van der Waals surface area contributed by atoms with Crippen LogP contribution in [0.15, 0.2) is 10.7 Å². The molecule has 1 fully saturated rings. The number of aromatic nitrogens is 2. The number of rotatable bonds is 4. The molecule has 18 heavy (non-hydrogen) atoms. The molecule has 0 aliphatic heterocycles. The highest BCUT2D eigenvalue weighted by molar-refractivity contribution is 9.10. The minimum absolute atomic E-state index is 0.429. The molecule has 0 spiro atoms. The molecule has 6 heteroatoms. The summed E-state index contributed by atoms with van der Waals surface area (Å²) in [6.07, 6.45) is 5.45. The first-order valence-corrected chi connectivity index (χ1v) is 7.20. The van der Waals surface area contributed by atoms with Gasteiger partial charge in [0, 0.05) is 12.2 Å². The molecule has 3 atom stereocenters. The Balaban J connectivity index is 2.10. The molecule has 3 unspecified atom stereocenters. The zero-order valence-corrected chi connectivity index (χ0v) is 12.4. The molecule has 0 saturated heterocycles. The van der Waals surface area contributed by atoms with Gasteiger partial charge in [0.05, 0.1) is 4.47 Å². The molecule has 0 amide bonds. The van der Waals surface area contributed by atoms with Crippen molar-refractivity contribution in [2.45, 2.75) is 39.2 Å². The summed E-state index contributed by atoms with van der Waals surface area (Å²) < 4.78 is 0.869. The van der Waals surface area contributed by atoms with Crippen LogP contribution in [0.25, 0.3) is 0 Å². The van der Waals surface area contributed by atoms with Gasteiger partial charge in [0.1, 0.15) is 5.82 Å². The van der Waals surface area contributed by atoms with Crippen LogP contribution in [0.1, 0.15) is 33.1 Å². The second kappa shape index (κ2) is 5.84. The number of hydrogen-bond donors (Lipinski definition) is 3. The molecule has 1 heterocycles. The second-order valence-corrected chi connectivity index (χ2v) is 5.74. The van der Waals surface area contributed by atoms with E-state index in [1.165, 1.54) is 19.3 Å². The average Bonchev–Trinajstić information content (AvgIpc) is 2.73. The van der Waals surface area contributed by atoms with Gasteiger partial charge in [0.15, 0.2) is 0 Å². The van der Waals surface area contributed by atoms with Crippen molar-refractivity contribution in [3.63, 3.8) is 0 Å². The van der Waals surface area contributed by atoms with Crippen molar-refractivity contribution in [1.82, 2.24) is 9.97 Å². The van der Waals surface area contributed by atoms with Gasteiger partial charge in [-0.05, 0) is 40.6 Å². The lowest BCUT2D eigenvalue weighted by Gasteiger charge is -2.22. The van der Waals surface area contributed by atoms with Gasteiger partial charge in [-0.1, -0.05) is 20.3 Å². The topological polar surface area (TPSA) is 75.9 Å². The van der Waals surface area contributed by atoms with Gasteiger partial charge < -0.3 is 5.32 Å². The SMILES string of the molecule is CCC1CCC(Nc2nc(NN)ncc2Br)C1C. The molecule has 2 rings (SSSR count). The van der Waals surface area contributed by atoms with Crippen molar-refractivity contribution >= 4 is 27.7 Å². The number of anilines is 2. The Bertz CT molecular complexity index is 411. The third kappa shape index (κ3) is 2.75. The molecule has 0 bridgehead atoms. The number of nitrogens with one attached hydrogen (secondary N) is 2. The Kier molecular flexibility index (Phi) is 4.40. The standard InChI is InChI=1S/C12H20BrN5/c1-3-8-4-5-10(7(8)2)16-11-9(13)6-15-12(17-11)18-14/h6-8,10H,3-5,14H2,1-2H3,(H2,15,16,17,18). The number of nitrogen functional groups attached to an aromatic ring is 1. The summed E-state index contributed by atoms with van der Waals surface area (Å²) in [5, 5.41) is 3.50. The van der Waals surface area contributed by atoms with Crippen LogP contribution in [0.2, 0.25) is 0 Å². The summed E-state index contributed by atoms with van der Waals surface area (Å²) in [6.45, 7) is 4.58. The van der Waals surface area contributed by atoms with Crippen molar-refractivity contribution in [1.29, 1.82) is 0 Å². The van der Waals surface area contributed by atoms with Crippen molar-refractivity contribution in [2.75, 3.05) is 10.7 Å². The van der Waals surface area contributed by atoms with Crippen molar-refractivity contribution in [2.24, 2.45) is 17.7 Å². The van der Waals surface area contributed by atoms with Crippen molar-refractivity contribution < 1.29 is 0 Å². The van der Waals surface area contributed by atoms with E-state index in [1.54, 1.807) is 6.20 Å². The van der Waals surface area contributed by atoms with Gasteiger partial charge in [-0.15, -0.1) is 0 Å². The van der Waals surface area contributed by atoms with E-state index in [2.05, 4.69) is 50.5 Å². The molecule has 1 aliphatic carbocycles. The van der Waals surface area contributed by atoms with E-state index >= 15 is 0 Å². The first-order valence-electron chi connectivity index (χ1n) is 6.41. The van der Waals surface area contributed by atoms with Gasteiger partial charge in [-0.25, -0.2) is 10.8 Å². The summed E-state index contributed by atoms with van der Waals surface area (Å²) >= 11 is 3.46. The Hall–Kier alpha value is -0.880. The van der Waals surface area contributed by atoms with E-state index in [-0.39, 0.29) is 0 Å². The maximum Gasteiger partial charge on any atom is 0.239 e. The predicted molar refractivity (Wildman–Crippen MR) is 77.1 cm³/mol. The number of nitrogens with zero attached hydrogens (tertiary/aromatic N) is 2. The first-order chi connectivity index (χ1) is 8.65. The maximum atomic E-state index is 5.33. The van der Waals surface area contributed by atoms with Gasteiger partial charge in [0.25, 0.3) is 0 Å². The number of hydrogen-bond acceptors (Lipinski definition) is 5. The molecular formula is C12H20BrN5. The highest BCUT2D eigenvalue weighted by Crippen LogP contribution is 2.36. The van der Waals surface area contributed by atoms with Crippen LogP contribution in [-0.2, 0) is 0 Å². The van der Waals surface area contributed by atoms with E-state index < -0.39 is 0 Å². The Morgan fingerprint density at radius 3 is 2.89 bits per heavy atom. The smallest absolute Gasteiger partial charge is 0.239 e. The lowest BCUT2D eigenvalue weighted by Crippen LogP contribution is -2.25. The summed E-state index contributed by atoms with van der Waals surface area (Å²) in [5.41, 5.74) is 2.47. The van der Waals surface area contributed by atoms with E-state index in [4.69, 9.17) is 5.84 Å². The summed E-state index contributed by atoms with van der Waals surface area (Å²) in [6, 6.07) is 0.478. The van der Waals surface area contributed by atoms with Crippen LogP contribution in [-0.4, -0.2) is 16.0 Å². The molecular weight excluding hydrogens is 294 g/mol. The molecule has 1 aromatic heterocycles. The zero-order valence-electron chi connectivity index (χ0n) is 10.8. The zero-order chi connectivity index (χ0) is 13.1. The van der Waals surface area contributed by atoms with Crippen LogP contribution in [0.4, 0.5) is 11.8 Å². The minimum atomic E-state index is 0.429. The monoisotopic (exact) mass is 313 g/mol. The highest BCUT2D eigenvalue weighted by Gasteiger charge is 2.31. The van der Waals surface area contributed by atoms with Crippen LogP contribution < -0.4 is 16.6 Å². The summed E-state index contributed by atoms with van der Waals surface area (Å²) in [7, 11) is 0. The predicted octanol–water partition coefficient (Wildman–Crippen LogP) is 2.76. The van der Waals surface area contributed by atoms with Crippen LogP contribution in [0.5, 0.6) is 0 Å². The van der Waals surface area contributed by atoms with Crippen LogP contribution >= 0.6 is 15.9 Å². The van der Waals surface area contributed by atoms with Crippen molar-refractivity contribution in [3.05, 3.63) is 10.7 Å². The molecule has 1 aliphatic rings. The van der Waals surface area contributed by atoms with E-state index in [0.29, 0.717) is 17.9 Å². The van der Waals surface area contributed by atoms with Gasteiger partial charge >= 0.3 is 0 Å². The van der Waals surface area contributed by atoms with Gasteiger partial charge in [0.2, 0.25) is 5.95 Å². The normalized spacial score (nSPS) is 27.2.